The summed E-state index contributed by atoms with van der Waals surface area (Å²) in [6.07, 6.45) is 3.19. The summed E-state index contributed by atoms with van der Waals surface area (Å²) in [5, 5.41) is 4.05. The maximum absolute atomic E-state index is 12.6. The third kappa shape index (κ3) is 4.11. The normalized spacial score (nSPS) is 12.1. The Hall–Kier alpha value is -2.89. The van der Waals surface area contributed by atoms with Crippen molar-refractivity contribution in [3.05, 3.63) is 94.0 Å². The summed E-state index contributed by atoms with van der Waals surface area (Å²) < 4.78 is 2.09. The van der Waals surface area contributed by atoms with Gasteiger partial charge < -0.3 is 9.88 Å². The monoisotopic (exact) mass is 424 g/mol. The van der Waals surface area contributed by atoms with Crippen LogP contribution in [0.4, 0.5) is 0 Å². The first-order chi connectivity index (χ1) is 14.0. The zero-order valence-electron chi connectivity index (χ0n) is 15.6. The van der Waals surface area contributed by atoms with Crippen LogP contribution in [0.1, 0.15) is 34.7 Å². The molecule has 1 N–H and O–H groups in total. The number of carbonyl (C=O) groups excluding carboxylic acids is 1. The van der Waals surface area contributed by atoms with Gasteiger partial charge in [-0.05, 0) is 48.9 Å². The van der Waals surface area contributed by atoms with Crippen molar-refractivity contribution in [3.63, 3.8) is 0 Å². The molecule has 0 bridgehead atoms. The topological polar surface area (TPSA) is 59.8 Å². The molecule has 1 unspecified atom stereocenters. The average Bonchev–Trinajstić information content (AvgIpc) is 3.10. The lowest BCUT2D eigenvalue weighted by Gasteiger charge is -2.17. The molecule has 0 fully saturated rings. The van der Waals surface area contributed by atoms with Crippen molar-refractivity contribution in [1.29, 1.82) is 0 Å². The quantitative estimate of drug-likeness (QED) is 0.474. The van der Waals surface area contributed by atoms with Gasteiger partial charge in [0, 0.05) is 24.5 Å². The Labute approximate surface area is 178 Å². The van der Waals surface area contributed by atoms with Gasteiger partial charge in [-0.25, -0.2) is 4.98 Å². The molecular formula is C22H18Cl2N4O. The predicted molar refractivity (Wildman–Crippen MR) is 115 cm³/mol. The predicted octanol–water partition coefficient (Wildman–Crippen LogP) is 5.28. The fourth-order valence-electron chi connectivity index (χ4n) is 3.26. The van der Waals surface area contributed by atoms with Crippen molar-refractivity contribution in [2.45, 2.75) is 19.5 Å². The van der Waals surface area contributed by atoms with Gasteiger partial charge in [0.1, 0.15) is 5.82 Å². The van der Waals surface area contributed by atoms with Gasteiger partial charge in [0.15, 0.2) is 0 Å². The van der Waals surface area contributed by atoms with Crippen LogP contribution in [0.2, 0.25) is 10.0 Å². The highest BCUT2D eigenvalue weighted by Gasteiger charge is 2.19. The van der Waals surface area contributed by atoms with E-state index in [4.69, 9.17) is 28.2 Å². The van der Waals surface area contributed by atoms with Crippen LogP contribution in [-0.2, 0) is 6.54 Å². The van der Waals surface area contributed by atoms with Crippen molar-refractivity contribution in [2.24, 2.45) is 0 Å². The molecule has 2 aromatic carbocycles. The van der Waals surface area contributed by atoms with E-state index in [1.54, 1.807) is 30.6 Å². The maximum atomic E-state index is 12.6. The summed E-state index contributed by atoms with van der Waals surface area (Å²) in [5.74, 6) is 0.590. The molecule has 29 heavy (non-hydrogen) atoms. The number of hydrogen-bond acceptors (Lipinski definition) is 3. The first-order valence-electron chi connectivity index (χ1n) is 9.13. The van der Waals surface area contributed by atoms with Gasteiger partial charge in [0.05, 0.1) is 27.1 Å². The largest absolute Gasteiger partial charge is 0.342 e. The number of para-hydroxylation sites is 2. The minimum absolute atomic E-state index is 0.173. The number of hydrogen-bond donors (Lipinski definition) is 1. The Morgan fingerprint density at radius 3 is 2.59 bits per heavy atom. The number of pyridine rings is 1. The highest BCUT2D eigenvalue weighted by molar-refractivity contribution is 6.42. The number of fused-ring (bicyclic) bond motifs is 1. The molecule has 0 aliphatic heterocycles. The number of carbonyl (C=O) groups is 1. The van der Waals surface area contributed by atoms with E-state index in [1.165, 1.54) is 0 Å². The first-order valence-corrected chi connectivity index (χ1v) is 9.88. The molecule has 146 valence electrons. The van der Waals surface area contributed by atoms with Gasteiger partial charge >= 0.3 is 0 Å². The van der Waals surface area contributed by atoms with Crippen LogP contribution in [0.25, 0.3) is 11.0 Å². The van der Waals surface area contributed by atoms with Crippen LogP contribution in [0.15, 0.2) is 67.0 Å². The molecule has 5 nitrogen and oxygen atoms in total. The van der Waals surface area contributed by atoms with E-state index in [0.717, 1.165) is 22.4 Å². The number of imidazole rings is 1. The standard InChI is InChI=1S/C22H18Cl2N4O/c1-14(26-22(29)16-8-10-25-11-9-16)21-27-19-4-2-3-5-20(19)28(21)13-15-6-7-17(23)18(24)12-15/h2-12,14H,13H2,1H3,(H,26,29). The lowest BCUT2D eigenvalue weighted by molar-refractivity contribution is 0.0937. The zero-order chi connectivity index (χ0) is 20.4. The van der Waals surface area contributed by atoms with Gasteiger partial charge in [-0.15, -0.1) is 0 Å². The Kier molecular flexibility index (Phi) is 5.51. The summed E-state index contributed by atoms with van der Waals surface area (Å²) in [5.41, 5.74) is 3.40. The lowest BCUT2D eigenvalue weighted by atomic mass is 10.2. The molecule has 0 spiro atoms. The van der Waals surface area contributed by atoms with Gasteiger partial charge in [-0.3, -0.25) is 9.78 Å². The van der Waals surface area contributed by atoms with E-state index in [-0.39, 0.29) is 11.9 Å². The van der Waals surface area contributed by atoms with Crippen LogP contribution in [-0.4, -0.2) is 20.4 Å². The van der Waals surface area contributed by atoms with E-state index >= 15 is 0 Å². The summed E-state index contributed by atoms with van der Waals surface area (Å²) in [6, 6.07) is 16.5. The number of rotatable bonds is 5. The molecule has 0 saturated carbocycles. The molecule has 0 aliphatic carbocycles. The van der Waals surface area contributed by atoms with Crippen LogP contribution in [0, 0.1) is 0 Å². The molecule has 4 rings (SSSR count). The van der Waals surface area contributed by atoms with Crippen molar-refractivity contribution in [2.75, 3.05) is 0 Å². The third-order valence-corrected chi connectivity index (χ3v) is 5.43. The summed E-state index contributed by atoms with van der Waals surface area (Å²) in [4.78, 5) is 21.3. The Morgan fingerprint density at radius 1 is 1.07 bits per heavy atom. The van der Waals surface area contributed by atoms with Crippen molar-refractivity contribution in [1.82, 2.24) is 19.9 Å². The Bertz CT molecular complexity index is 1170. The number of nitrogens with zero attached hydrogens (tertiary/aromatic N) is 3. The molecule has 1 atom stereocenters. The second-order valence-electron chi connectivity index (χ2n) is 6.72. The SMILES string of the molecule is CC(NC(=O)c1ccncc1)c1nc2ccccc2n1Cc1ccc(Cl)c(Cl)c1. The van der Waals surface area contributed by atoms with E-state index in [2.05, 4.69) is 14.9 Å². The van der Waals surface area contributed by atoms with E-state index in [9.17, 15) is 4.79 Å². The minimum atomic E-state index is -0.300. The minimum Gasteiger partial charge on any atom is -0.342 e. The smallest absolute Gasteiger partial charge is 0.251 e. The summed E-state index contributed by atoms with van der Waals surface area (Å²) in [6.45, 7) is 2.48. The fourth-order valence-corrected chi connectivity index (χ4v) is 3.58. The van der Waals surface area contributed by atoms with Crippen LogP contribution in [0.5, 0.6) is 0 Å². The fraction of sp³-hybridized carbons (Fsp3) is 0.136. The van der Waals surface area contributed by atoms with Gasteiger partial charge in [-0.2, -0.15) is 0 Å². The van der Waals surface area contributed by atoms with Gasteiger partial charge in [-0.1, -0.05) is 41.4 Å². The first kappa shape index (κ1) is 19.4. The lowest BCUT2D eigenvalue weighted by Crippen LogP contribution is -2.28. The highest BCUT2D eigenvalue weighted by atomic mass is 35.5. The molecule has 0 radical (unpaired) electrons. The van der Waals surface area contributed by atoms with E-state index < -0.39 is 0 Å². The average molecular weight is 425 g/mol. The van der Waals surface area contributed by atoms with Crippen molar-refractivity contribution >= 4 is 40.1 Å². The molecule has 0 aliphatic rings. The van der Waals surface area contributed by atoms with Crippen molar-refractivity contribution < 1.29 is 4.79 Å². The van der Waals surface area contributed by atoms with Crippen LogP contribution >= 0.6 is 23.2 Å². The number of aromatic nitrogens is 3. The molecule has 2 heterocycles. The molecule has 0 saturated heterocycles. The van der Waals surface area contributed by atoms with E-state index in [1.807, 2.05) is 43.3 Å². The number of amides is 1. The molecule has 4 aromatic rings. The van der Waals surface area contributed by atoms with Crippen LogP contribution in [0.3, 0.4) is 0 Å². The highest BCUT2D eigenvalue weighted by Crippen LogP contribution is 2.26. The van der Waals surface area contributed by atoms with Gasteiger partial charge in [0.2, 0.25) is 0 Å². The Morgan fingerprint density at radius 2 is 1.83 bits per heavy atom. The second kappa shape index (κ2) is 8.23. The maximum Gasteiger partial charge on any atom is 0.251 e. The molecule has 1 amide bonds. The third-order valence-electron chi connectivity index (χ3n) is 4.69. The van der Waals surface area contributed by atoms with E-state index in [0.29, 0.717) is 22.2 Å². The number of nitrogens with one attached hydrogen (secondary N) is 1. The zero-order valence-corrected chi connectivity index (χ0v) is 17.2. The Balaban J connectivity index is 1.69. The summed E-state index contributed by atoms with van der Waals surface area (Å²) in [7, 11) is 0. The molecule has 7 heteroatoms. The number of benzene rings is 2. The second-order valence-corrected chi connectivity index (χ2v) is 7.54. The molecule has 2 aromatic heterocycles. The number of halogens is 2. The van der Waals surface area contributed by atoms with Gasteiger partial charge in [0.25, 0.3) is 5.91 Å². The van der Waals surface area contributed by atoms with Crippen LogP contribution < -0.4 is 5.32 Å². The molecular weight excluding hydrogens is 407 g/mol. The van der Waals surface area contributed by atoms with Crippen molar-refractivity contribution in [3.8, 4) is 0 Å². The summed E-state index contributed by atoms with van der Waals surface area (Å²) >= 11 is 12.2.